The Hall–Kier alpha value is -2.24. The van der Waals surface area contributed by atoms with E-state index in [1.54, 1.807) is 18.3 Å². The van der Waals surface area contributed by atoms with E-state index >= 15 is 0 Å². The highest BCUT2D eigenvalue weighted by atomic mass is 16.6. The third-order valence-corrected chi connectivity index (χ3v) is 3.07. The molecule has 0 aliphatic rings. The minimum absolute atomic E-state index is 0.220. The number of carbonyl (C=O) groups is 1. The predicted molar refractivity (Wildman–Crippen MR) is 78.4 cm³/mol. The number of rotatable bonds is 8. The van der Waals surface area contributed by atoms with Gasteiger partial charge in [0.2, 0.25) is 0 Å². The molecule has 6 nitrogen and oxygen atoms in total. The first-order valence-electron chi connectivity index (χ1n) is 7.25. The number of nitrogens with one attached hydrogen (secondary N) is 1. The van der Waals surface area contributed by atoms with Crippen LogP contribution >= 0.6 is 0 Å². The molecule has 2 aromatic heterocycles. The fraction of sp³-hybridized carbons (Fsp3) is 0.467. The van der Waals surface area contributed by atoms with Crippen molar-refractivity contribution in [2.45, 2.75) is 33.2 Å². The summed E-state index contributed by atoms with van der Waals surface area (Å²) in [5.74, 6) is 1.49. The number of nitrogens with zero attached hydrogens (tertiary/aromatic N) is 2. The lowest BCUT2D eigenvalue weighted by Gasteiger charge is -2.07. The number of ether oxygens (including phenoxy) is 1. The van der Waals surface area contributed by atoms with Gasteiger partial charge in [-0.1, -0.05) is 6.92 Å². The monoisotopic (exact) mass is 291 g/mol. The second-order valence-corrected chi connectivity index (χ2v) is 4.55. The van der Waals surface area contributed by atoms with Gasteiger partial charge in [0, 0.05) is 38.0 Å². The van der Waals surface area contributed by atoms with Crippen LogP contribution in [0.5, 0.6) is 5.95 Å². The Morgan fingerprint density at radius 2 is 2.29 bits per heavy atom. The molecule has 2 rings (SSSR count). The molecule has 0 aliphatic carbocycles. The van der Waals surface area contributed by atoms with Crippen LogP contribution in [-0.4, -0.2) is 28.6 Å². The highest BCUT2D eigenvalue weighted by Gasteiger charge is 2.11. The van der Waals surface area contributed by atoms with E-state index in [4.69, 9.17) is 9.15 Å². The molecular weight excluding hydrogens is 270 g/mol. The van der Waals surface area contributed by atoms with E-state index in [1.807, 2.05) is 13.1 Å². The summed E-state index contributed by atoms with van der Waals surface area (Å²) < 4.78 is 12.6. The van der Waals surface area contributed by atoms with Gasteiger partial charge in [-0.15, -0.1) is 0 Å². The molecule has 0 aromatic carbocycles. The van der Waals surface area contributed by atoms with Crippen LogP contribution in [0.4, 0.5) is 0 Å². The van der Waals surface area contributed by atoms with Crippen LogP contribution in [0.1, 0.15) is 36.6 Å². The van der Waals surface area contributed by atoms with Crippen molar-refractivity contribution in [1.82, 2.24) is 14.9 Å². The Balaban J connectivity index is 1.74. The van der Waals surface area contributed by atoms with Crippen molar-refractivity contribution in [2.75, 3.05) is 13.2 Å². The van der Waals surface area contributed by atoms with Gasteiger partial charge < -0.3 is 19.0 Å². The van der Waals surface area contributed by atoms with Crippen LogP contribution < -0.4 is 10.1 Å². The lowest BCUT2D eigenvalue weighted by atomic mass is 10.3. The molecule has 6 heteroatoms. The summed E-state index contributed by atoms with van der Waals surface area (Å²) in [5.41, 5.74) is 0. The SMILES string of the molecule is CCOc1ccc(C(=O)NCCCn2ccnc2CC)o1. The van der Waals surface area contributed by atoms with E-state index in [9.17, 15) is 4.79 Å². The maximum absolute atomic E-state index is 11.9. The van der Waals surface area contributed by atoms with Gasteiger partial charge in [0.05, 0.1) is 6.61 Å². The van der Waals surface area contributed by atoms with Crippen LogP contribution in [0.2, 0.25) is 0 Å². The van der Waals surface area contributed by atoms with Crippen molar-refractivity contribution < 1.29 is 13.9 Å². The number of amides is 1. The topological polar surface area (TPSA) is 69.3 Å². The minimum Gasteiger partial charge on any atom is -0.465 e. The Kier molecular flexibility index (Phi) is 5.43. The summed E-state index contributed by atoms with van der Waals surface area (Å²) >= 11 is 0. The number of hydrogen-bond donors (Lipinski definition) is 1. The third kappa shape index (κ3) is 4.11. The lowest BCUT2D eigenvalue weighted by Crippen LogP contribution is -2.24. The van der Waals surface area contributed by atoms with E-state index in [0.717, 1.165) is 25.2 Å². The van der Waals surface area contributed by atoms with Crippen molar-refractivity contribution in [3.05, 3.63) is 36.1 Å². The van der Waals surface area contributed by atoms with Gasteiger partial charge in [-0.2, -0.15) is 0 Å². The second-order valence-electron chi connectivity index (χ2n) is 4.55. The fourth-order valence-corrected chi connectivity index (χ4v) is 2.06. The number of aryl methyl sites for hydroxylation is 2. The lowest BCUT2D eigenvalue weighted by molar-refractivity contribution is 0.0916. The quantitative estimate of drug-likeness (QED) is 0.757. The van der Waals surface area contributed by atoms with E-state index in [-0.39, 0.29) is 11.7 Å². The maximum atomic E-state index is 11.9. The van der Waals surface area contributed by atoms with E-state index < -0.39 is 0 Å². The second kappa shape index (κ2) is 7.52. The molecule has 2 aromatic rings. The molecule has 0 atom stereocenters. The van der Waals surface area contributed by atoms with Crippen molar-refractivity contribution in [3.63, 3.8) is 0 Å². The molecule has 114 valence electrons. The Labute approximate surface area is 124 Å². The van der Waals surface area contributed by atoms with E-state index in [2.05, 4.69) is 21.8 Å². The minimum atomic E-state index is -0.220. The molecule has 1 amide bonds. The largest absolute Gasteiger partial charge is 0.465 e. The highest BCUT2D eigenvalue weighted by molar-refractivity contribution is 5.91. The van der Waals surface area contributed by atoms with E-state index in [1.165, 1.54) is 0 Å². The number of imidazole rings is 1. The Morgan fingerprint density at radius 3 is 3.05 bits per heavy atom. The van der Waals surface area contributed by atoms with Crippen LogP contribution in [0.15, 0.2) is 28.9 Å². The van der Waals surface area contributed by atoms with Gasteiger partial charge in [0.1, 0.15) is 5.82 Å². The zero-order valence-electron chi connectivity index (χ0n) is 12.5. The highest BCUT2D eigenvalue weighted by Crippen LogP contribution is 2.15. The number of hydrogen-bond acceptors (Lipinski definition) is 4. The molecule has 0 saturated carbocycles. The van der Waals surface area contributed by atoms with Crippen molar-refractivity contribution in [1.29, 1.82) is 0 Å². The van der Waals surface area contributed by atoms with Gasteiger partial charge in [-0.05, 0) is 19.4 Å². The van der Waals surface area contributed by atoms with Crippen molar-refractivity contribution >= 4 is 5.91 Å². The average Bonchev–Trinajstić information content (AvgIpc) is 3.12. The summed E-state index contributed by atoms with van der Waals surface area (Å²) in [4.78, 5) is 16.1. The molecular formula is C15H21N3O3. The Bertz CT molecular complexity index is 574. The van der Waals surface area contributed by atoms with Gasteiger partial charge >= 0.3 is 0 Å². The number of carbonyl (C=O) groups excluding carboxylic acids is 1. The van der Waals surface area contributed by atoms with Crippen LogP contribution in [0.25, 0.3) is 0 Å². The first-order chi connectivity index (χ1) is 10.2. The molecule has 0 unspecified atom stereocenters. The average molecular weight is 291 g/mol. The van der Waals surface area contributed by atoms with Gasteiger partial charge in [-0.25, -0.2) is 4.98 Å². The summed E-state index contributed by atoms with van der Waals surface area (Å²) in [6.45, 7) is 5.88. The van der Waals surface area contributed by atoms with Crippen LogP contribution in [-0.2, 0) is 13.0 Å². The molecule has 1 N–H and O–H groups in total. The molecule has 0 bridgehead atoms. The normalized spacial score (nSPS) is 10.6. The summed E-state index contributed by atoms with van der Waals surface area (Å²) in [6, 6.07) is 3.27. The number of aromatic nitrogens is 2. The molecule has 0 fully saturated rings. The summed E-state index contributed by atoms with van der Waals surface area (Å²) in [6.07, 6.45) is 5.51. The maximum Gasteiger partial charge on any atom is 0.287 e. The summed E-state index contributed by atoms with van der Waals surface area (Å²) in [5, 5.41) is 2.83. The van der Waals surface area contributed by atoms with E-state index in [0.29, 0.717) is 19.1 Å². The molecule has 0 spiro atoms. The molecule has 0 saturated heterocycles. The number of furan rings is 1. The molecule has 0 aliphatic heterocycles. The van der Waals surface area contributed by atoms with Gasteiger partial charge in [-0.3, -0.25) is 4.79 Å². The van der Waals surface area contributed by atoms with Gasteiger partial charge in [0.25, 0.3) is 11.9 Å². The third-order valence-electron chi connectivity index (χ3n) is 3.07. The van der Waals surface area contributed by atoms with Gasteiger partial charge in [0.15, 0.2) is 5.76 Å². The molecule has 21 heavy (non-hydrogen) atoms. The molecule has 2 heterocycles. The molecule has 0 radical (unpaired) electrons. The standard InChI is InChI=1S/C15H21N3O3/c1-3-13-16-9-11-18(13)10-5-8-17-15(19)12-6-7-14(21-12)20-4-2/h6-7,9,11H,3-5,8,10H2,1-2H3,(H,17,19). The smallest absolute Gasteiger partial charge is 0.287 e. The zero-order chi connectivity index (χ0) is 15.1. The first kappa shape index (κ1) is 15.2. The fourth-order valence-electron chi connectivity index (χ4n) is 2.06. The van der Waals surface area contributed by atoms with Crippen molar-refractivity contribution in [3.8, 4) is 5.95 Å². The first-order valence-corrected chi connectivity index (χ1v) is 7.25. The van der Waals surface area contributed by atoms with Crippen molar-refractivity contribution in [2.24, 2.45) is 0 Å². The predicted octanol–water partition coefficient (Wildman–Crippen LogP) is 2.26. The van der Waals surface area contributed by atoms with Crippen LogP contribution in [0, 0.1) is 0 Å². The summed E-state index contributed by atoms with van der Waals surface area (Å²) in [7, 11) is 0. The van der Waals surface area contributed by atoms with Crippen LogP contribution in [0.3, 0.4) is 0 Å². The zero-order valence-corrected chi connectivity index (χ0v) is 12.5. The Morgan fingerprint density at radius 1 is 1.43 bits per heavy atom.